The highest BCUT2D eigenvalue weighted by Crippen LogP contribution is 2.30. The first-order valence-corrected chi connectivity index (χ1v) is 5.63. The third-order valence-corrected chi connectivity index (χ3v) is 2.71. The molecule has 1 heterocycles. The summed E-state index contributed by atoms with van der Waals surface area (Å²) in [6.07, 6.45) is 0. The fraction of sp³-hybridized carbons (Fsp3) is 0.462. The van der Waals surface area contributed by atoms with E-state index >= 15 is 0 Å². The zero-order valence-electron chi connectivity index (χ0n) is 9.99. The van der Waals surface area contributed by atoms with E-state index in [9.17, 15) is 4.79 Å². The molecule has 0 N–H and O–H groups in total. The molecule has 1 unspecified atom stereocenters. The first-order valence-electron chi connectivity index (χ1n) is 5.63. The van der Waals surface area contributed by atoms with Gasteiger partial charge in [-0.05, 0) is 44.0 Å². The standard InChI is InChI=1S/C13H17NO2/c1-4-16-13(15)12-8-14(12)11-6-9(2)5-10(3)7-11/h5-7,12H,4,8H2,1-3H3. The quantitative estimate of drug-likeness (QED) is 0.575. The van der Waals surface area contributed by atoms with Gasteiger partial charge in [0.25, 0.3) is 0 Å². The lowest BCUT2D eigenvalue weighted by Gasteiger charge is -2.07. The Kier molecular flexibility index (Phi) is 2.86. The Morgan fingerprint density at radius 2 is 2.00 bits per heavy atom. The van der Waals surface area contributed by atoms with Crippen LogP contribution in [0.2, 0.25) is 0 Å². The molecule has 0 aliphatic carbocycles. The van der Waals surface area contributed by atoms with E-state index in [1.54, 1.807) is 0 Å². The van der Waals surface area contributed by atoms with Gasteiger partial charge in [0.1, 0.15) is 6.04 Å². The molecule has 1 saturated heterocycles. The lowest BCUT2D eigenvalue weighted by Crippen LogP contribution is -2.15. The highest BCUT2D eigenvalue weighted by atomic mass is 16.5. The molecule has 1 atom stereocenters. The van der Waals surface area contributed by atoms with Crippen LogP contribution in [-0.2, 0) is 9.53 Å². The molecule has 0 amide bonds. The summed E-state index contributed by atoms with van der Waals surface area (Å²) in [6.45, 7) is 7.21. The van der Waals surface area contributed by atoms with Crippen molar-refractivity contribution in [2.45, 2.75) is 26.8 Å². The normalized spacial score (nSPS) is 18.4. The van der Waals surface area contributed by atoms with E-state index in [1.807, 2.05) is 6.92 Å². The molecule has 3 heteroatoms. The first-order chi connectivity index (χ1) is 7.61. The maximum Gasteiger partial charge on any atom is 0.330 e. The Balaban J connectivity index is 2.08. The van der Waals surface area contributed by atoms with Gasteiger partial charge in [-0.15, -0.1) is 0 Å². The molecule has 3 nitrogen and oxygen atoms in total. The second-order valence-electron chi connectivity index (χ2n) is 4.27. The van der Waals surface area contributed by atoms with Crippen LogP contribution in [0.15, 0.2) is 18.2 Å². The Morgan fingerprint density at radius 1 is 1.38 bits per heavy atom. The van der Waals surface area contributed by atoms with E-state index in [4.69, 9.17) is 4.74 Å². The van der Waals surface area contributed by atoms with Crippen LogP contribution in [0.3, 0.4) is 0 Å². The van der Waals surface area contributed by atoms with Crippen LogP contribution in [0.25, 0.3) is 0 Å². The molecule has 1 aliphatic rings. The minimum atomic E-state index is -0.110. The molecule has 1 aliphatic heterocycles. The van der Waals surface area contributed by atoms with E-state index < -0.39 is 0 Å². The molecule has 2 rings (SSSR count). The second kappa shape index (κ2) is 4.16. The van der Waals surface area contributed by atoms with Crippen molar-refractivity contribution in [1.82, 2.24) is 0 Å². The zero-order valence-corrected chi connectivity index (χ0v) is 9.99. The Bertz CT molecular complexity index is 394. The van der Waals surface area contributed by atoms with Gasteiger partial charge in [-0.25, -0.2) is 4.79 Å². The number of hydrogen-bond acceptors (Lipinski definition) is 3. The fourth-order valence-corrected chi connectivity index (χ4v) is 1.98. The highest BCUT2D eigenvalue weighted by molar-refractivity contribution is 5.86. The SMILES string of the molecule is CCOC(=O)C1CN1c1cc(C)cc(C)c1. The van der Waals surface area contributed by atoms with Crippen molar-refractivity contribution in [1.29, 1.82) is 0 Å². The minimum Gasteiger partial charge on any atom is -0.464 e. The average Bonchev–Trinajstić information content (AvgIpc) is 2.95. The molecule has 0 radical (unpaired) electrons. The van der Waals surface area contributed by atoms with Crippen LogP contribution in [0, 0.1) is 13.8 Å². The third kappa shape index (κ3) is 2.18. The summed E-state index contributed by atoms with van der Waals surface area (Å²) >= 11 is 0. The smallest absolute Gasteiger partial charge is 0.330 e. The topological polar surface area (TPSA) is 29.3 Å². The van der Waals surface area contributed by atoms with Gasteiger partial charge in [0.2, 0.25) is 0 Å². The van der Waals surface area contributed by atoms with E-state index in [2.05, 4.69) is 36.9 Å². The molecule has 16 heavy (non-hydrogen) atoms. The molecule has 1 fully saturated rings. The van der Waals surface area contributed by atoms with Crippen molar-refractivity contribution in [3.63, 3.8) is 0 Å². The molecule has 1 aromatic carbocycles. The van der Waals surface area contributed by atoms with E-state index in [1.165, 1.54) is 11.1 Å². The summed E-state index contributed by atoms with van der Waals surface area (Å²) in [7, 11) is 0. The van der Waals surface area contributed by atoms with Crippen molar-refractivity contribution >= 4 is 11.7 Å². The summed E-state index contributed by atoms with van der Waals surface area (Å²) in [5.41, 5.74) is 3.57. The first kappa shape index (κ1) is 11.0. The maximum absolute atomic E-state index is 11.5. The molecule has 0 aromatic heterocycles. The third-order valence-electron chi connectivity index (χ3n) is 2.71. The number of anilines is 1. The number of hydrogen-bond donors (Lipinski definition) is 0. The number of carbonyl (C=O) groups is 1. The van der Waals surface area contributed by atoms with Gasteiger partial charge in [0.05, 0.1) is 13.2 Å². The van der Waals surface area contributed by atoms with E-state index in [0.717, 1.165) is 12.2 Å². The maximum atomic E-state index is 11.5. The average molecular weight is 219 g/mol. The zero-order chi connectivity index (χ0) is 11.7. The second-order valence-corrected chi connectivity index (χ2v) is 4.27. The predicted octanol–water partition coefficient (Wildman–Crippen LogP) is 2.06. The van der Waals surface area contributed by atoms with E-state index in [-0.39, 0.29) is 12.0 Å². The molecular weight excluding hydrogens is 202 g/mol. The van der Waals surface area contributed by atoms with Crippen LogP contribution in [0.5, 0.6) is 0 Å². The lowest BCUT2D eigenvalue weighted by atomic mass is 10.1. The van der Waals surface area contributed by atoms with Gasteiger partial charge in [-0.1, -0.05) is 6.07 Å². The molecule has 0 saturated carbocycles. The number of rotatable bonds is 3. The molecule has 0 bridgehead atoms. The molecule has 86 valence electrons. The predicted molar refractivity (Wildman–Crippen MR) is 63.7 cm³/mol. The number of aryl methyl sites for hydroxylation is 2. The Hall–Kier alpha value is -1.51. The molecular formula is C13H17NO2. The molecule has 0 spiro atoms. The highest BCUT2D eigenvalue weighted by Gasteiger charge is 2.41. The number of nitrogens with zero attached hydrogens (tertiary/aromatic N) is 1. The van der Waals surface area contributed by atoms with Crippen LogP contribution in [0.1, 0.15) is 18.1 Å². The van der Waals surface area contributed by atoms with Gasteiger partial charge < -0.3 is 9.64 Å². The van der Waals surface area contributed by atoms with Crippen molar-refractivity contribution in [3.8, 4) is 0 Å². The number of carbonyl (C=O) groups excluding carboxylic acids is 1. The van der Waals surface area contributed by atoms with Crippen molar-refractivity contribution in [2.75, 3.05) is 18.1 Å². The number of benzene rings is 1. The van der Waals surface area contributed by atoms with Crippen LogP contribution in [-0.4, -0.2) is 25.2 Å². The lowest BCUT2D eigenvalue weighted by molar-refractivity contribution is -0.142. The van der Waals surface area contributed by atoms with Crippen LogP contribution >= 0.6 is 0 Å². The summed E-state index contributed by atoms with van der Waals surface area (Å²) in [6, 6.07) is 6.27. The van der Waals surface area contributed by atoms with Gasteiger partial charge in [-0.2, -0.15) is 0 Å². The fourth-order valence-electron chi connectivity index (χ4n) is 1.98. The largest absolute Gasteiger partial charge is 0.464 e. The monoisotopic (exact) mass is 219 g/mol. The van der Waals surface area contributed by atoms with Gasteiger partial charge >= 0.3 is 5.97 Å². The van der Waals surface area contributed by atoms with Gasteiger partial charge in [-0.3, -0.25) is 0 Å². The minimum absolute atomic E-state index is 0.0684. The van der Waals surface area contributed by atoms with Gasteiger partial charge in [0.15, 0.2) is 0 Å². The van der Waals surface area contributed by atoms with Crippen molar-refractivity contribution in [3.05, 3.63) is 29.3 Å². The Labute approximate surface area is 96.0 Å². The number of esters is 1. The Morgan fingerprint density at radius 3 is 2.56 bits per heavy atom. The van der Waals surface area contributed by atoms with Gasteiger partial charge in [0, 0.05) is 5.69 Å². The summed E-state index contributed by atoms with van der Waals surface area (Å²) in [5.74, 6) is -0.110. The van der Waals surface area contributed by atoms with E-state index in [0.29, 0.717) is 6.61 Å². The summed E-state index contributed by atoms with van der Waals surface area (Å²) in [4.78, 5) is 13.6. The molecule has 1 aromatic rings. The van der Waals surface area contributed by atoms with Crippen LogP contribution in [0.4, 0.5) is 5.69 Å². The number of ether oxygens (including phenoxy) is 1. The van der Waals surface area contributed by atoms with Crippen molar-refractivity contribution in [2.24, 2.45) is 0 Å². The van der Waals surface area contributed by atoms with Crippen molar-refractivity contribution < 1.29 is 9.53 Å². The summed E-state index contributed by atoms with van der Waals surface area (Å²) < 4.78 is 5.00. The van der Waals surface area contributed by atoms with Crippen LogP contribution < -0.4 is 4.90 Å². The summed E-state index contributed by atoms with van der Waals surface area (Å²) in [5, 5.41) is 0.